The first kappa shape index (κ1) is 14.2. The highest BCUT2D eigenvalue weighted by Gasteiger charge is 2.21. The second kappa shape index (κ2) is 6.27. The normalized spacial score (nSPS) is 14.6. The highest BCUT2D eigenvalue weighted by atomic mass is 16.6. The van der Waals surface area contributed by atoms with Crippen molar-refractivity contribution in [3.63, 3.8) is 0 Å². The highest BCUT2D eigenvalue weighted by Crippen LogP contribution is 2.29. The van der Waals surface area contributed by atoms with E-state index in [9.17, 15) is 9.59 Å². The number of ether oxygens (including phenoxy) is 2. The second-order valence-corrected chi connectivity index (χ2v) is 4.38. The molecule has 108 valence electrons. The van der Waals surface area contributed by atoms with E-state index in [4.69, 9.17) is 9.47 Å². The summed E-state index contributed by atoms with van der Waals surface area (Å²) in [7, 11) is 0. The highest BCUT2D eigenvalue weighted by molar-refractivity contribution is 6.00. The van der Waals surface area contributed by atoms with Crippen LogP contribution in [0.4, 0.5) is 11.4 Å². The van der Waals surface area contributed by atoms with Crippen molar-refractivity contribution in [2.24, 2.45) is 0 Å². The van der Waals surface area contributed by atoms with Crippen molar-refractivity contribution in [2.75, 3.05) is 23.8 Å². The molecule has 1 heterocycles. The van der Waals surface area contributed by atoms with Gasteiger partial charge in [-0.15, -0.1) is 0 Å². The Balaban J connectivity index is 2.09. The molecule has 20 heavy (non-hydrogen) atoms. The van der Waals surface area contributed by atoms with Gasteiger partial charge in [-0.05, 0) is 25.5 Å². The molecular weight excluding hydrogens is 260 g/mol. The van der Waals surface area contributed by atoms with Crippen molar-refractivity contribution in [3.8, 4) is 5.75 Å². The van der Waals surface area contributed by atoms with E-state index in [2.05, 4.69) is 10.6 Å². The average molecular weight is 278 g/mol. The molecule has 1 aliphatic heterocycles. The molecule has 1 aromatic carbocycles. The Morgan fingerprint density at radius 3 is 2.85 bits per heavy atom. The third-order valence-electron chi connectivity index (χ3n) is 2.90. The lowest BCUT2D eigenvalue weighted by Crippen LogP contribution is -2.29. The van der Waals surface area contributed by atoms with Gasteiger partial charge in [-0.25, -0.2) is 4.79 Å². The molecule has 0 aromatic heterocycles. The van der Waals surface area contributed by atoms with E-state index in [-0.39, 0.29) is 18.4 Å². The van der Waals surface area contributed by atoms with Gasteiger partial charge in [0.1, 0.15) is 5.75 Å². The predicted molar refractivity (Wildman–Crippen MR) is 74.9 cm³/mol. The Labute approximate surface area is 117 Å². The standard InChI is InChI=1S/C14H18N2O4/c1-3-12(14(18)19-4-2)20-9-5-6-10-11(7-9)15-8-13(17)16-10/h5-7,12,15H,3-4,8H2,1-2H3,(H,16,17). The summed E-state index contributed by atoms with van der Waals surface area (Å²) in [4.78, 5) is 22.9. The lowest BCUT2D eigenvalue weighted by atomic mass is 10.2. The molecule has 2 rings (SSSR count). The predicted octanol–water partition coefficient (Wildman–Crippen LogP) is 1.77. The van der Waals surface area contributed by atoms with Crippen LogP contribution in [0.5, 0.6) is 5.75 Å². The summed E-state index contributed by atoms with van der Waals surface area (Å²) in [6.07, 6.45) is -0.0914. The third-order valence-corrected chi connectivity index (χ3v) is 2.90. The van der Waals surface area contributed by atoms with Crippen LogP contribution < -0.4 is 15.4 Å². The minimum absolute atomic E-state index is 0.0795. The molecule has 6 nitrogen and oxygen atoms in total. The Hall–Kier alpha value is -2.24. The Kier molecular flexibility index (Phi) is 4.45. The number of fused-ring (bicyclic) bond motifs is 1. The van der Waals surface area contributed by atoms with E-state index in [1.54, 1.807) is 25.1 Å². The second-order valence-electron chi connectivity index (χ2n) is 4.38. The van der Waals surface area contributed by atoms with Gasteiger partial charge >= 0.3 is 5.97 Å². The average Bonchev–Trinajstić information content (AvgIpc) is 2.45. The number of nitrogens with one attached hydrogen (secondary N) is 2. The van der Waals surface area contributed by atoms with Crippen LogP contribution in [0.25, 0.3) is 0 Å². The molecule has 0 radical (unpaired) electrons. The zero-order valence-electron chi connectivity index (χ0n) is 11.6. The van der Waals surface area contributed by atoms with Crippen molar-refractivity contribution in [1.82, 2.24) is 0 Å². The van der Waals surface area contributed by atoms with Gasteiger partial charge in [-0.2, -0.15) is 0 Å². The first-order valence-electron chi connectivity index (χ1n) is 6.65. The quantitative estimate of drug-likeness (QED) is 0.803. The van der Waals surface area contributed by atoms with Crippen LogP contribution in [0.3, 0.4) is 0 Å². The van der Waals surface area contributed by atoms with Gasteiger partial charge in [-0.3, -0.25) is 4.79 Å². The summed E-state index contributed by atoms with van der Waals surface area (Å²) in [6.45, 7) is 4.18. The number of benzene rings is 1. The first-order chi connectivity index (χ1) is 9.63. The van der Waals surface area contributed by atoms with E-state index in [1.165, 1.54) is 0 Å². The monoisotopic (exact) mass is 278 g/mol. The van der Waals surface area contributed by atoms with E-state index in [0.717, 1.165) is 5.69 Å². The molecule has 0 bridgehead atoms. The summed E-state index contributed by atoms with van der Waals surface area (Å²) in [5.74, 6) is 0.116. The molecule has 0 spiro atoms. The van der Waals surface area contributed by atoms with Crippen LogP contribution in [0.15, 0.2) is 18.2 Å². The number of rotatable bonds is 5. The number of amides is 1. The zero-order chi connectivity index (χ0) is 14.5. The van der Waals surface area contributed by atoms with Crippen molar-refractivity contribution in [1.29, 1.82) is 0 Å². The van der Waals surface area contributed by atoms with Crippen molar-refractivity contribution < 1.29 is 19.1 Å². The fourth-order valence-electron chi connectivity index (χ4n) is 1.92. The maximum absolute atomic E-state index is 11.7. The topological polar surface area (TPSA) is 76.7 Å². The molecule has 1 aliphatic rings. The maximum Gasteiger partial charge on any atom is 0.347 e. The van der Waals surface area contributed by atoms with Gasteiger partial charge in [0.15, 0.2) is 6.10 Å². The Bertz CT molecular complexity index is 516. The van der Waals surface area contributed by atoms with Crippen molar-refractivity contribution in [3.05, 3.63) is 18.2 Å². The van der Waals surface area contributed by atoms with Crippen LogP contribution in [0, 0.1) is 0 Å². The molecule has 1 unspecified atom stereocenters. The Morgan fingerprint density at radius 1 is 1.35 bits per heavy atom. The molecular formula is C14H18N2O4. The molecule has 2 N–H and O–H groups in total. The van der Waals surface area contributed by atoms with Gasteiger partial charge in [-0.1, -0.05) is 6.92 Å². The molecule has 1 amide bonds. The van der Waals surface area contributed by atoms with E-state index in [1.807, 2.05) is 6.92 Å². The number of hydrogen-bond acceptors (Lipinski definition) is 5. The lowest BCUT2D eigenvalue weighted by molar-refractivity contribution is -0.151. The number of esters is 1. The Morgan fingerprint density at radius 2 is 2.15 bits per heavy atom. The molecule has 0 aliphatic carbocycles. The van der Waals surface area contributed by atoms with Crippen molar-refractivity contribution in [2.45, 2.75) is 26.4 Å². The smallest absolute Gasteiger partial charge is 0.347 e. The van der Waals surface area contributed by atoms with Gasteiger partial charge in [0.25, 0.3) is 0 Å². The van der Waals surface area contributed by atoms with E-state index >= 15 is 0 Å². The van der Waals surface area contributed by atoms with E-state index in [0.29, 0.717) is 24.5 Å². The molecule has 0 saturated carbocycles. The lowest BCUT2D eigenvalue weighted by Gasteiger charge is -2.21. The third kappa shape index (κ3) is 3.20. The van der Waals surface area contributed by atoms with Gasteiger partial charge < -0.3 is 20.1 Å². The molecule has 0 saturated heterocycles. The van der Waals surface area contributed by atoms with Gasteiger partial charge in [0, 0.05) is 6.07 Å². The number of carbonyl (C=O) groups excluding carboxylic acids is 2. The minimum atomic E-state index is -0.619. The van der Waals surface area contributed by atoms with Crippen LogP contribution in [0.2, 0.25) is 0 Å². The minimum Gasteiger partial charge on any atom is -0.479 e. The number of anilines is 2. The van der Waals surface area contributed by atoms with Gasteiger partial charge in [0.2, 0.25) is 5.91 Å². The van der Waals surface area contributed by atoms with Crippen LogP contribution >= 0.6 is 0 Å². The summed E-state index contributed by atoms with van der Waals surface area (Å²) in [5, 5.41) is 5.74. The molecule has 6 heteroatoms. The number of carbonyl (C=O) groups is 2. The van der Waals surface area contributed by atoms with Gasteiger partial charge in [0.05, 0.1) is 24.5 Å². The summed E-state index contributed by atoms with van der Waals surface area (Å²) in [5.41, 5.74) is 1.48. The number of hydrogen-bond donors (Lipinski definition) is 2. The fourth-order valence-corrected chi connectivity index (χ4v) is 1.92. The molecule has 1 atom stereocenters. The van der Waals surface area contributed by atoms with Crippen LogP contribution in [-0.4, -0.2) is 31.1 Å². The summed E-state index contributed by atoms with van der Waals surface area (Å²) < 4.78 is 10.6. The fraction of sp³-hybridized carbons (Fsp3) is 0.429. The maximum atomic E-state index is 11.7. The largest absolute Gasteiger partial charge is 0.479 e. The first-order valence-corrected chi connectivity index (χ1v) is 6.65. The van der Waals surface area contributed by atoms with Crippen LogP contribution in [0.1, 0.15) is 20.3 Å². The molecule has 1 aromatic rings. The van der Waals surface area contributed by atoms with Crippen LogP contribution in [-0.2, 0) is 14.3 Å². The summed E-state index contributed by atoms with van der Waals surface area (Å²) in [6, 6.07) is 5.22. The summed E-state index contributed by atoms with van der Waals surface area (Å²) >= 11 is 0. The molecule has 0 fully saturated rings. The van der Waals surface area contributed by atoms with E-state index < -0.39 is 6.10 Å². The zero-order valence-corrected chi connectivity index (χ0v) is 11.6. The SMILES string of the molecule is CCOC(=O)C(CC)Oc1ccc2c(c1)NCC(=O)N2. The van der Waals surface area contributed by atoms with Crippen molar-refractivity contribution >= 4 is 23.3 Å².